The number of anilines is 1. The van der Waals surface area contributed by atoms with E-state index in [2.05, 4.69) is 5.32 Å². The Morgan fingerprint density at radius 1 is 1.29 bits per heavy atom. The Hall–Kier alpha value is -1.97. The lowest BCUT2D eigenvalue weighted by Crippen LogP contribution is -2.38. The lowest BCUT2D eigenvalue weighted by molar-refractivity contribution is -0.130. The standard InChI is InChI=1S/C19H29N3O5S/c1-5-21(6-2)28(25,26)17-9-7-16(8-10-17)20-19(24)15-11-18(23)22(12-15)14(3)13-27-4/h7-10,14-15H,5-6,11-13H2,1-4H3,(H,20,24)/t14-,15-/m1/s1. The van der Waals surface area contributed by atoms with Crippen molar-refractivity contribution in [3.05, 3.63) is 24.3 Å². The first kappa shape index (κ1) is 22.3. The molecule has 1 aliphatic rings. The Morgan fingerprint density at radius 2 is 1.89 bits per heavy atom. The van der Waals surface area contributed by atoms with Crippen LogP contribution in [0.15, 0.2) is 29.2 Å². The fourth-order valence-corrected chi connectivity index (χ4v) is 4.79. The van der Waals surface area contributed by atoms with Crippen LogP contribution in [0.4, 0.5) is 5.69 Å². The predicted molar refractivity (Wildman–Crippen MR) is 106 cm³/mol. The van der Waals surface area contributed by atoms with Crippen molar-refractivity contribution in [2.75, 3.05) is 38.7 Å². The summed E-state index contributed by atoms with van der Waals surface area (Å²) in [6.07, 6.45) is 0.161. The number of ether oxygens (including phenoxy) is 1. The van der Waals surface area contributed by atoms with Gasteiger partial charge in [0.2, 0.25) is 21.8 Å². The average molecular weight is 412 g/mol. The van der Waals surface area contributed by atoms with E-state index in [-0.39, 0.29) is 29.2 Å². The number of nitrogens with zero attached hydrogens (tertiary/aromatic N) is 2. The molecule has 2 atom stereocenters. The van der Waals surface area contributed by atoms with Gasteiger partial charge in [0, 0.05) is 38.9 Å². The molecule has 1 aliphatic heterocycles. The molecule has 1 heterocycles. The lowest BCUT2D eigenvalue weighted by Gasteiger charge is -2.23. The van der Waals surface area contributed by atoms with Gasteiger partial charge < -0.3 is 15.0 Å². The van der Waals surface area contributed by atoms with Gasteiger partial charge in [-0.1, -0.05) is 13.8 Å². The minimum absolute atomic E-state index is 0.0645. The zero-order valence-corrected chi connectivity index (χ0v) is 17.7. The minimum atomic E-state index is -3.53. The Morgan fingerprint density at radius 3 is 2.43 bits per heavy atom. The van der Waals surface area contributed by atoms with Crippen LogP contribution in [0.3, 0.4) is 0 Å². The summed E-state index contributed by atoms with van der Waals surface area (Å²) in [6.45, 7) is 7.02. The largest absolute Gasteiger partial charge is 0.383 e. The van der Waals surface area contributed by atoms with Crippen molar-refractivity contribution in [1.29, 1.82) is 0 Å². The first-order chi connectivity index (χ1) is 13.2. The number of rotatable bonds is 9. The summed E-state index contributed by atoms with van der Waals surface area (Å²) < 4.78 is 31.5. The Labute approximate surface area is 166 Å². The maximum Gasteiger partial charge on any atom is 0.243 e. The number of benzene rings is 1. The molecule has 156 valence electrons. The second kappa shape index (κ2) is 9.49. The van der Waals surface area contributed by atoms with Gasteiger partial charge in [-0.05, 0) is 31.2 Å². The number of carbonyl (C=O) groups is 2. The van der Waals surface area contributed by atoms with Gasteiger partial charge in [0.05, 0.1) is 23.5 Å². The van der Waals surface area contributed by atoms with Crippen LogP contribution in [0.1, 0.15) is 27.2 Å². The van der Waals surface area contributed by atoms with E-state index in [1.165, 1.54) is 16.4 Å². The molecule has 2 amide bonds. The highest BCUT2D eigenvalue weighted by Crippen LogP contribution is 2.23. The molecule has 0 radical (unpaired) electrons. The molecule has 0 aliphatic carbocycles. The van der Waals surface area contributed by atoms with Crippen molar-refractivity contribution >= 4 is 27.5 Å². The topological polar surface area (TPSA) is 96.0 Å². The normalized spacial score (nSPS) is 18.5. The number of hydrogen-bond donors (Lipinski definition) is 1. The molecule has 9 heteroatoms. The number of sulfonamides is 1. The molecule has 0 bridgehead atoms. The Kier molecular flexibility index (Phi) is 7.56. The van der Waals surface area contributed by atoms with Gasteiger partial charge in [0.15, 0.2) is 0 Å². The Balaban J connectivity index is 2.03. The van der Waals surface area contributed by atoms with Crippen molar-refractivity contribution in [1.82, 2.24) is 9.21 Å². The van der Waals surface area contributed by atoms with E-state index >= 15 is 0 Å². The van der Waals surface area contributed by atoms with Gasteiger partial charge >= 0.3 is 0 Å². The van der Waals surface area contributed by atoms with Gasteiger partial charge in [-0.2, -0.15) is 4.31 Å². The van der Waals surface area contributed by atoms with Gasteiger partial charge in [-0.3, -0.25) is 9.59 Å². The van der Waals surface area contributed by atoms with E-state index in [0.717, 1.165) is 0 Å². The molecule has 1 N–H and O–H groups in total. The highest BCUT2D eigenvalue weighted by atomic mass is 32.2. The van der Waals surface area contributed by atoms with Crippen LogP contribution >= 0.6 is 0 Å². The molecule has 0 saturated carbocycles. The van der Waals surface area contributed by atoms with E-state index in [1.807, 2.05) is 6.92 Å². The minimum Gasteiger partial charge on any atom is -0.383 e. The van der Waals surface area contributed by atoms with Gasteiger partial charge in [-0.15, -0.1) is 0 Å². The third-order valence-corrected chi connectivity index (χ3v) is 7.00. The first-order valence-corrected chi connectivity index (χ1v) is 10.9. The van der Waals surface area contributed by atoms with Gasteiger partial charge in [-0.25, -0.2) is 8.42 Å². The van der Waals surface area contributed by atoms with Crippen LogP contribution < -0.4 is 5.32 Å². The van der Waals surface area contributed by atoms with Gasteiger partial charge in [0.25, 0.3) is 0 Å². The number of methoxy groups -OCH3 is 1. The molecule has 1 fully saturated rings. The van der Waals surface area contributed by atoms with Crippen molar-refractivity contribution in [3.63, 3.8) is 0 Å². The lowest BCUT2D eigenvalue weighted by atomic mass is 10.1. The molecule has 2 rings (SSSR count). The maximum absolute atomic E-state index is 12.5. The van der Waals surface area contributed by atoms with E-state index < -0.39 is 15.9 Å². The summed E-state index contributed by atoms with van der Waals surface area (Å²) >= 11 is 0. The zero-order valence-electron chi connectivity index (χ0n) is 16.8. The summed E-state index contributed by atoms with van der Waals surface area (Å²) in [7, 11) is -1.96. The quantitative estimate of drug-likeness (QED) is 0.665. The average Bonchev–Trinajstić information content (AvgIpc) is 3.05. The highest BCUT2D eigenvalue weighted by molar-refractivity contribution is 7.89. The second-order valence-electron chi connectivity index (χ2n) is 6.85. The number of nitrogens with one attached hydrogen (secondary N) is 1. The van der Waals surface area contributed by atoms with E-state index in [9.17, 15) is 18.0 Å². The zero-order chi connectivity index (χ0) is 20.9. The molecule has 0 unspecified atom stereocenters. The molecular weight excluding hydrogens is 382 g/mol. The number of amides is 2. The summed E-state index contributed by atoms with van der Waals surface area (Å²) in [5.74, 6) is -0.754. The van der Waals surface area contributed by atoms with E-state index in [1.54, 1.807) is 38.0 Å². The van der Waals surface area contributed by atoms with Crippen LogP contribution in [-0.4, -0.2) is 68.8 Å². The second-order valence-corrected chi connectivity index (χ2v) is 8.79. The van der Waals surface area contributed by atoms with Crippen LogP contribution in [-0.2, 0) is 24.3 Å². The summed E-state index contributed by atoms with van der Waals surface area (Å²) in [4.78, 5) is 26.5. The van der Waals surface area contributed by atoms with Crippen molar-refractivity contribution < 1.29 is 22.7 Å². The molecule has 1 aromatic rings. The molecule has 0 aromatic heterocycles. The van der Waals surface area contributed by atoms with E-state index in [0.29, 0.717) is 31.9 Å². The predicted octanol–water partition coefficient (Wildman–Crippen LogP) is 1.54. The van der Waals surface area contributed by atoms with Crippen molar-refractivity contribution in [2.45, 2.75) is 38.1 Å². The van der Waals surface area contributed by atoms with Gasteiger partial charge in [0.1, 0.15) is 0 Å². The number of hydrogen-bond acceptors (Lipinski definition) is 5. The monoisotopic (exact) mass is 411 g/mol. The first-order valence-electron chi connectivity index (χ1n) is 9.44. The third-order valence-electron chi connectivity index (χ3n) is 4.93. The van der Waals surface area contributed by atoms with Crippen LogP contribution in [0.2, 0.25) is 0 Å². The molecule has 1 aromatic carbocycles. The molecular formula is C19H29N3O5S. The SMILES string of the molecule is CCN(CC)S(=O)(=O)c1ccc(NC(=O)[C@@H]2CC(=O)N([C@H](C)COC)C2)cc1. The van der Waals surface area contributed by atoms with Crippen LogP contribution in [0.5, 0.6) is 0 Å². The summed E-state index contributed by atoms with van der Waals surface area (Å²) in [5.41, 5.74) is 0.499. The third kappa shape index (κ3) is 4.89. The van der Waals surface area contributed by atoms with Crippen molar-refractivity contribution in [2.24, 2.45) is 5.92 Å². The molecule has 28 heavy (non-hydrogen) atoms. The fraction of sp³-hybridized carbons (Fsp3) is 0.579. The number of likely N-dealkylation sites (tertiary alicyclic amines) is 1. The summed E-state index contributed by atoms with van der Waals surface area (Å²) in [6, 6.07) is 6.01. The molecule has 1 saturated heterocycles. The van der Waals surface area contributed by atoms with Crippen LogP contribution in [0, 0.1) is 5.92 Å². The number of carbonyl (C=O) groups excluding carboxylic acids is 2. The molecule has 8 nitrogen and oxygen atoms in total. The fourth-order valence-electron chi connectivity index (χ4n) is 3.33. The van der Waals surface area contributed by atoms with Crippen LogP contribution in [0.25, 0.3) is 0 Å². The molecule has 0 spiro atoms. The highest BCUT2D eigenvalue weighted by Gasteiger charge is 2.36. The smallest absolute Gasteiger partial charge is 0.243 e. The maximum atomic E-state index is 12.5. The van der Waals surface area contributed by atoms with Crippen molar-refractivity contribution in [3.8, 4) is 0 Å². The van der Waals surface area contributed by atoms with E-state index in [4.69, 9.17) is 4.74 Å². The Bertz CT molecular complexity index is 790. The summed E-state index contributed by atoms with van der Waals surface area (Å²) in [5, 5.41) is 2.77.